The van der Waals surface area contributed by atoms with Gasteiger partial charge in [0.05, 0.1) is 28.2 Å². The Kier molecular flexibility index (Phi) is 11.8. The van der Waals surface area contributed by atoms with Crippen molar-refractivity contribution in [3.05, 3.63) is 57.6 Å². The zero-order valence-electron chi connectivity index (χ0n) is 16.0. The largest absolute Gasteiger partial charge is 0.364 e. The molecule has 0 radical (unpaired) electrons. The standard InChI is InChI=1S/C19H21I2N5O2.2ClH/c1-12(14-4-2-3-5-15(14)20)26-9-8-16(19(26)21)24-17-11-22-13(10-23-17)6-7-18(27)25-28;;/h2-7,10-12,16,19,28H,8-9H2,1H3,(H,23,24)(H,25,27);2*1H/t12?,16-,19?;;/m1../s1. The summed E-state index contributed by atoms with van der Waals surface area (Å²) in [5.74, 6) is 0.101. The molecule has 1 aromatic carbocycles. The van der Waals surface area contributed by atoms with Gasteiger partial charge in [-0.3, -0.25) is 19.9 Å². The van der Waals surface area contributed by atoms with E-state index in [0.717, 1.165) is 13.0 Å². The van der Waals surface area contributed by atoms with E-state index in [1.165, 1.54) is 26.8 Å². The van der Waals surface area contributed by atoms with Gasteiger partial charge < -0.3 is 5.32 Å². The minimum atomic E-state index is -0.606. The first-order valence-corrected chi connectivity index (χ1v) is 11.2. The van der Waals surface area contributed by atoms with Crippen LogP contribution in [-0.4, -0.2) is 42.6 Å². The molecule has 1 fully saturated rings. The van der Waals surface area contributed by atoms with Crippen LogP contribution in [0.2, 0.25) is 0 Å². The molecule has 2 aromatic rings. The number of amides is 1. The highest BCUT2D eigenvalue weighted by Gasteiger charge is 2.35. The van der Waals surface area contributed by atoms with Gasteiger partial charge >= 0.3 is 0 Å². The molecular formula is C19H23Cl2I2N5O2. The van der Waals surface area contributed by atoms with E-state index >= 15 is 0 Å². The summed E-state index contributed by atoms with van der Waals surface area (Å²) in [6.45, 7) is 3.27. The summed E-state index contributed by atoms with van der Waals surface area (Å²) in [5.41, 5.74) is 3.43. The van der Waals surface area contributed by atoms with Gasteiger partial charge in [-0.05, 0) is 53.6 Å². The smallest absolute Gasteiger partial charge is 0.267 e. The maximum absolute atomic E-state index is 11.0. The molecule has 7 nitrogen and oxygen atoms in total. The lowest BCUT2D eigenvalue weighted by molar-refractivity contribution is -0.124. The third-order valence-electron chi connectivity index (χ3n) is 4.72. The summed E-state index contributed by atoms with van der Waals surface area (Å²) >= 11 is 4.90. The fourth-order valence-electron chi connectivity index (χ4n) is 3.21. The van der Waals surface area contributed by atoms with Gasteiger partial charge in [-0.1, -0.05) is 40.8 Å². The van der Waals surface area contributed by atoms with Gasteiger partial charge in [0.25, 0.3) is 5.91 Å². The molecule has 3 N–H and O–H groups in total. The van der Waals surface area contributed by atoms with Crippen molar-refractivity contribution in [3.8, 4) is 0 Å². The average molecular weight is 678 g/mol. The summed E-state index contributed by atoms with van der Waals surface area (Å²) in [6, 6.07) is 9.14. The van der Waals surface area contributed by atoms with Gasteiger partial charge in [-0.2, -0.15) is 0 Å². The summed E-state index contributed by atoms with van der Waals surface area (Å²) in [5, 5.41) is 12.0. The Balaban J connectivity index is 0.00000225. The van der Waals surface area contributed by atoms with Crippen LogP contribution in [0, 0.1) is 3.57 Å². The maximum Gasteiger partial charge on any atom is 0.267 e. The number of hydrogen-bond donors (Lipinski definition) is 3. The molecule has 0 saturated carbocycles. The van der Waals surface area contributed by atoms with Crippen molar-refractivity contribution >= 4 is 87.8 Å². The van der Waals surface area contributed by atoms with Crippen molar-refractivity contribution in [1.29, 1.82) is 0 Å². The number of anilines is 1. The van der Waals surface area contributed by atoms with Crippen LogP contribution in [0.5, 0.6) is 0 Å². The van der Waals surface area contributed by atoms with Crippen molar-refractivity contribution in [2.24, 2.45) is 0 Å². The Morgan fingerprint density at radius 1 is 1.30 bits per heavy atom. The number of carbonyl (C=O) groups is 1. The lowest BCUT2D eigenvalue weighted by Crippen LogP contribution is -2.35. The van der Waals surface area contributed by atoms with Gasteiger partial charge in [0.15, 0.2) is 0 Å². The number of benzene rings is 1. The Bertz CT molecular complexity index is 857. The second kappa shape index (κ2) is 13.0. The van der Waals surface area contributed by atoms with Crippen LogP contribution in [-0.2, 0) is 4.79 Å². The molecule has 1 aromatic heterocycles. The summed E-state index contributed by atoms with van der Waals surface area (Å²) < 4.78 is 1.62. The molecule has 11 heteroatoms. The van der Waals surface area contributed by atoms with Crippen LogP contribution >= 0.6 is 70.0 Å². The Morgan fingerprint density at radius 3 is 2.67 bits per heavy atom. The molecule has 0 spiro atoms. The highest BCUT2D eigenvalue weighted by Crippen LogP contribution is 2.35. The summed E-state index contributed by atoms with van der Waals surface area (Å²) in [7, 11) is 0. The van der Waals surface area contributed by atoms with Gasteiger partial charge in [0, 0.05) is 22.2 Å². The Labute approximate surface area is 215 Å². The van der Waals surface area contributed by atoms with Crippen molar-refractivity contribution in [3.63, 3.8) is 0 Å². The normalized spacial score (nSPS) is 19.6. The zero-order valence-corrected chi connectivity index (χ0v) is 22.0. The minimum Gasteiger partial charge on any atom is -0.364 e. The van der Waals surface area contributed by atoms with Crippen LogP contribution in [0.4, 0.5) is 5.82 Å². The van der Waals surface area contributed by atoms with E-state index in [1.807, 2.05) is 0 Å². The first-order chi connectivity index (χ1) is 13.5. The number of hydrogen-bond acceptors (Lipinski definition) is 6. The van der Waals surface area contributed by atoms with E-state index in [4.69, 9.17) is 5.21 Å². The average Bonchev–Trinajstić information content (AvgIpc) is 3.07. The number of nitrogens with one attached hydrogen (secondary N) is 2. The first-order valence-electron chi connectivity index (χ1n) is 8.84. The lowest BCUT2D eigenvalue weighted by atomic mass is 10.1. The van der Waals surface area contributed by atoms with Gasteiger partial charge in [-0.15, -0.1) is 24.8 Å². The van der Waals surface area contributed by atoms with E-state index in [2.05, 4.69) is 96.6 Å². The first kappa shape index (κ1) is 27.3. The number of halogens is 4. The van der Waals surface area contributed by atoms with Crippen molar-refractivity contribution in [1.82, 2.24) is 20.3 Å². The lowest BCUT2D eigenvalue weighted by Gasteiger charge is -2.30. The summed E-state index contributed by atoms with van der Waals surface area (Å²) in [4.78, 5) is 22.2. The zero-order chi connectivity index (χ0) is 20.1. The second-order valence-electron chi connectivity index (χ2n) is 6.48. The van der Waals surface area contributed by atoms with Gasteiger partial charge in [0.2, 0.25) is 0 Å². The number of hydroxylamine groups is 1. The number of carbonyl (C=O) groups excluding carboxylic acids is 1. The van der Waals surface area contributed by atoms with Crippen molar-refractivity contribution in [2.75, 3.05) is 11.9 Å². The number of likely N-dealkylation sites (tertiary alicyclic amines) is 1. The number of nitrogens with zero attached hydrogens (tertiary/aromatic N) is 3. The molecule has 164 valence electrons. The molecule has 1 saturated heterocycles. The maximum atomic E-state index is 11.0. The van der Waals surface area contributed by atoms with Gasteiger partial charge in [0.1, 0.15) is 5.82 Å². The van der Waals surface area contributed by atoms with E-state index in [9.17, 15) is 4.79 Å². The van der Waals surface area contributed by atoms with E-state index in [-0.39, 0.29) is 30.9 Å². The molecule has 1 aliphatic rings. The molecule has 1 aliphatic heterocycles. The quantitative estimate of drug-likeness (QED) is 0.105. The second-order valence-corrected chi connectivity index (χ2v) is 8.92. The van der Waals surface area contributed by atoms with E-state index in [1.54, 1.807) is 12.4 Å². The molecule has 1 amide bonds. The highest BCUT2D eigenvalue weighted by molar-refractivity contribution is 14.1. The van der Waals surface area contributed by atoms with Crippen molar-refractivity contribution < 1.29 is 10.0 Å². The highest BCUT2D eigenvalue weighted by atomic mass is 127. The predicted octanol–water partition coefficient (Wildman–Crippen LogP) is 4.45. The van der Waals surface area contributed by atoms with Crippen LogP contribution in [0.15, 0.2) is 42.7 Å². The van der Waals surface area contributed by atoms with Crippen LogP contribution in [0.1, 0.15) is 30.6 Å². The monoisotopic (exact) mass is 677 g/mol. The van der Waals surface area contributed by atoms with Crippen molar-refractivity contribution in [2.45, 2.75) is 29.5 Å². The minimum absolute atomic E-state index is 0. The fourth-order valence-corrected chi connectivity index (χ4v) is 5.35. The number of aromatic nitrogens is 2. The van der Waals surface area contributed by atoms with Crippen LogP contribution in [0.3, 0.4) is 0 Å². The predicted molar refractivity (Wildman–Crippen MR) is 140 cm³/mol. The van der Waals surface area contributed by atoms with Crippen LogP contribution < -0.4 is 10.8 Å². The fraction of sp³-hybridized carbons (Fsp3) is 0.316. The topological polar surface area (TPSA) is 90.4 Å². The molecule has 2 unspecified atom stereocenters. The van der Waals surface area contributed by atoms with E-state index in [0.29, 0.717) is 21.6 Å². The molecule has 2 heterocycles. The van der Waals surface area contributed by atoms with Crippen LogP contribution in [0.25, 0.3) is 6.08 Å². The molecule has 3 atom stereocenters. The molecule has 0 bridgehead atoms. The Morgan fingerprint density at radius 2 is 2.03 bits per heavy atom. The third-order valence-corrected chi connectivity index (χ3v) is 7.29. The molecular weight excluding hydrogens is 655 g/mol. The third kappa shape index (κ3) is 6.89. The molecule has 30 heavy (non-hydrogen) atoms. The summed E-state index contributed by atoms with van der Waals surface area (Å²) in [6.07, 6.45) is 6.96. The Hall–Kier alpha value is -0.730. The SMILES string of the molecule is CC(c1ccccc1I)N1CC[C@@H](Nc2cnc(C=CC(=O)NO)cn2)C1I.Cl.Cl. The molecule has 0 aliphatic carbocycles. The van der Waals surface area contributed by atoms with Gasteiger partial charge in [-0.25, -0.2) is 10.5 Å². The number of rotatable bonds is 6. The molecule has 3 rings (SSSR count). The number of alkyl halides is 1. The van der Waals surface area contributed by atoms with E-state index < -0.39 is 5.91 Å².